The number of rotatable bonds is 8. The summed E-state index contributed by atoms with van der Waals surface area (Å²) in [6.45, 7) is 8.26. The maximum absolute atomic E-state index is 5.05. The minimum Gasteiger partial charge on any atom is -0.383 e. The molecule has 0 aliphatic carbocycles. The van der Waals surface area contributed by atoms with Gasteiger partial charge in [0.2, 0.25) is 0 Å². The molecule has 4 heteroatoms. The van der Waals surface area contributed by atoms with Gasteiger partial charge in [-0.05, 0) is 37.9 Å². The van der Waals surface area contributed by atoms with Crippen LogP contribution in [0.5, 0.6) is 0 Å². The lowest BCUT2D eigenvalue weighted by atomic mass is 10.2. The van der Waals surface area contributed by atoms with E-state index in [4.69, 9.17) is 4.74 Å². The highest BCUT2D eigenvalue weighted by atomic mass is 32.1. The van der Waals surface area contributed by atoms with Crippen molar-refractivity contribution in [1.29, 1.82) is 0 Å². The second-order valence-corrected chi connectivity index (χ2v) is 5.39. The van der Waals surface area contributed by atoms with E-state index in [1.165, 1.54) is 10.4 Å². The van der Waals surface area contributed by atoms with Crippen molar-refractivity contribution in [2.75, 3.05) is 40.4 Å². The Balaban J connectivity index is 2.20. The van der Waals surface area contributed by atoms with Gasteiger partial charge in [-0.25, -0.2) is 0 Å². The van der Waals surface area contributed by atoms with E-state index in [0.29, 0.717) is 6.04 Å². The number of methoxy groups -OCH3 is 1. The summed E-state index contributed by atoms with van der Waals surface area (Å²) in [6, 6.07) is 2.63. The van der Waals surface area contributed by atoms with Crippen LogP contribution in [0.2, 0.25) is 0 Å². The van der Waals surface area contributed by atoms with Gasteiger partial charge in [-0.2, -0.15) is 0 Å². The quantitative estimate of drug-likeness (QED) is 0.772. The molecular weight excluding hydrogens is 232 g/mol. The Bertz CT molecular complexity index is 314. The van der Waals surface area contributed by atoms with E-state index in [2.05, 4.69) is 42.6 Å². The number of aryl methyl sites for hydroxylation is 1. The van der Waals surface area contributed by atoms with Crippen molar-refractivity contribution >= 4 is 11.3 Å². The minimum atomic E-state index is 0.450. The number of thiophene rings is 1. The fraction of sp³-hybridized carbons (Fsp3) is 0.692. The summed E-state index contributed by atoms with van der Waals surface area (Å²) in [6.07, 6.45) is 0. The first kappa shape index (κ1) is 14.6. The Morgan fingerprint density at radius 3 is 2.82 bits per heavy atom. The van der Waals surface area contributed by atoms with Gasteiger partial charge in [0.1, 0.15) is 0 Å². The van der Waals surface area contributed by atoms with Crippen LogP contribution in [0.1, 0.15) is 23.4 Å². The van der Waals surface area contributed by atoms with Gasteiger partial charge in [-0.3, -0.25) is 0 Å². The summed E-state index contributed by atoms with van der Waals surface area (Å²) in [4.78, 5) is 3.73. The number of nitrogens with zero attached hydrogens (tertiary/aromatic N) is 1. The first-order valence-electron chi connectivity index (χ1n) is 6.10. The van der Waals surface area contributed by atoms with E-state index in [9.17, 15) is 0 Å². The summed E-state index contributed by atoms with van der Waals surface area (Å²) in [7, 11) is 3.87. The molecule has 1 rings (SSSR count). The van der Waals surface area contributed by atoms with E-state index in [1.807, 2.05) is 11.3 Å². The van der Waals surface area contributed by atoms with Gasteiger partial charge in [0.25, 0.3) is 0 Å². The molecule has 1 unspecified atom stereocenters. The summed E-state index contributed by atoms with van der Waals surface area (Å²) in [5.41, 5.74) is 1.39. The van der Waals surface area contributed by atoms with Crippen LogP contribution in [0.25, 0.3) is 0 Å². The molecule has 1 atom stereocenters. The second-order valence-electron chi connectivity index (χ2n) is 4.44. The number of hydrogen-bond acceptors (Lipinski definition) is 4. The standard InChI is InChI=1S/C13H24N2OS/c1-11-5-10-17-13(11)12(2)14-6-7-15(3)8-9-16-4/h5,10,12,14H,6-9H2,1-4H3. The van der Waals surface area contributed by atoms with Crippen molar-refractivity contribution in [2.24, 2.45) is 0 Å². The number of ether oxygens (including phenoxy) is 1. The Hall–Kier alpha value is -0.420. The van der Waals surface area contributed by atoms with Crippen molar-refractivity contribution in [3.63, 3.8) is 0 Å². The maximum atomic E-state index is 5.05. The van der Waals surface area contributed by atoms with Gasteiger partial charge in [0, 0.05) is 37.7 Å². The number of hydrogen-bond donors (Lipinski definition) is 1. The van der Waals surface area contributed by atoms with Crippen LogP contribution in [0.3, 0.4) is 0 Å². The highest BCUT2D eigenvalue weighted by Crippen LogP contribution is 2.22. The molecule has 0 aliphatic rings. The molecule has 0 spiro atoms. The van der Waals surface area contributed by atoms with E-state index < -0.39 is 0 Å². The third kappa shape index (κ3) is 5.17. The van der Waals surface area contributed by atoms with Gasteiger partial charge >= 0.3 is 0 Å². The van der Waals surface area contributed by atoms with Crippen LogP contribution in [-0.2, 0) is 4.74 Å². The first-order chi connectivity index (χ1) is 8.15. The second kappa shape index (κ2) is 7.82. The van der Waals surface area contributed by atoms with Crippen molar-refractivity contribution < 1.29 is 4.74 Å². The van der Waals surface area contributed by atoms with E-state index >= 15 is 0 Å². The van der Waals surface area contributed by atoms with Crippen LogP contribution in [-0.4, -0.2) is 45.3 Å². The number of likely N-dealkylation sites (N-methyl/N-ethyl adjacent to an activating group) is 1. The highest BCUT2D eigenvalue weighted by Gasteiger charge is 2.08. The lowest BCUT2D eigenvalue weighted by Gasteiger charge is -2.19. The Kier molecular flexibility index (Phi) is 6.73. The first-order valence-corrected chi connectivity index (χ1v) is 6.98. The molecule has 0 saturated heterocycles. The molecule has 1 heterocycles. The third-order valence-electron chi connectivity index (χ3n) is 2.92. The molecule has 0 fully saturated rings. The van der Waals surface area contributed by atoms with Gasteiger partial charge in [0.15, 0.2) is 0 Å². The van der Waals surface area contributed by atoms with E-state index in [1.54, 1.807) is 7.11 Å². The summed E-state index contributed by atoms with van der Waals surface area (Å²) >= 11 is 1.83. The van der Waals surface area contributed by atoms with Crippen molar-refractivity contribution in [1.82, 2.24) is 10.2 Å². The fourth-order valence-electron chi connectivity index (χ4n) is 1.75. The molecule has 0 bridgehead atoms. The molecule has 0 radical (unpaired) electrons. The summed E-state index contributed by atoms with van der Waals surface area (Å²) in [5, 5.41) is 5.72. The SMILES string of the molecule is COCCN(C)CCNC(C)c1sccc1C. The predicted molar refractivity (Wildman–Crippen MR) is 74.8 cm³/mol. The largest absolute Gasteiger partial charge is 0.383 e. The van der Waals surface area contributed by atoms with Gasteiger partial charge < -0.3 is 15.0 Å². The molecule has 98 valence electrons. The summed E-state index contributed by atoms with van der Waals surface area (Å²) in [5.74, 6) is 0. The van der Waals surface area contributed by atoms with Gasteiger partial charge in [0.05, 0.1) is 6.61 Å². The lowest BCUT2D eigenvalue weighted by molar-refractivity contribution is 0.161. The third-order valence-corrected chi connectivity index (χ3v) is 4.12. The fourth-order valence-corrected chi connectivity index (χ4v) is 2.71. The predicted octanol–water partition coefficient (Wildman–Crippen LogP) is 2.29. The zero-order valence-corrected chi connectivity index (χ0v) is 12.1. The monoisotopic (exact) mass is 256 g/mol. The van der Waals surface area contributed by atoms with Crippen molar-refractivity contribution in [2.45, 2.75) is 19.9 Å². The normalized spacial score (nSPS) is 13.2. The molecule has 1 N–H and O–H groups in total. The van der Waals surface area contributed by atoms with Crippen LogP contribution in [0, 0.1) is 6.92 Å². The molecule has 0 saturated carbocycles. The lowest BCUT2D eigenvalue weighted by Crippen LogP contribution is -2.32. The van der Waals surface area contributed by atoms with Gasteiger partial charge in [-0.1, -0.05) is 0 Å². The Morgan fingerprint density at radius 2 is 2.24 bits per heavy atom. The zero-order valence-electron chi connectivity index (χ0n) is 11.3. The van der Waals surface area contributed by atoms with Crippen LogP contribution in [0.4, 0.5) is 0 Å². The molecule has 0 amide bonds. The van der Waals surface area contributed by atoms with Crippen LogP contribution in [0.15, 0.2) is 11.4 Å². The molecule has 1 aromatic heterocycles. The minimum absolute atomic E-state index is 0.450. The van der Waals surface area contributed by atoms with Gasteiger partial charge in [-0.15, -0.1) is 11.3 Å². The zero-order chi connectivity index (χ0) is 12.7. The van der Waals surface area contributed by atoms with Crippen LogP contribution >= 0.6 is 11.3 Å². The van der Waals surface area contributed by atoms with E-state index in [0.717, 1.165) is 26.2 Å². The van der Waals surface area contributed by atoms with Crippen molar-refractivity contribution in [3.8, 4) is 0 Å². The molecular formula is C13H24N2OS. The van der Waals surface area contributed by atoms with Crippen LogP contribution < -0.4 is 5.32 Å². The smallest absolute Gasteiger partial charge is 0.0589 e. The molecule has 3 nitrogen and oxygen atoms in total. The topological polar surface area (TPSA) is 24.5 Å². The molecule has 0 aliphatic heterocycles. The molecule has 0 aromatic carbocycles. The Labute approximate surface area is 109 Å². The maximum Gasteiger partial charge on any atom is 0.0589 e. The molecule has 1 aromatic rings. The average Bonchev–Trinajstić information content (AvgIpc) is 2.72. The number of nitrogens with one attached hydrogen (secondary N) is 1. The Morgan fingerprint density at radius 1 is 1.47 bits per heavy atom. The van der Waals surface area contributed by atoms with Crippen molar-refractivity contribution in [3.05, 3.63) is 21.9 Å². The average molecular weight is 256 g/mol. The summed E-state index contributed by atoms with van der Waals surface area (Å²) < 4.78 is 5.05. The highest BCUT2D eigenvalue weighted by molar-refractivity contribution is 7.10. The van der Waals surface area contributed by atoms with E-state index in [-0.39, 0.29) is 0 Å². The molecule has 17 heavy (non-hydrogen) atoms.